The molecule has 1 fully saturated rings. The molecule has 2 N–H and O–H groups in total. The maximum absolute atomic E-state index is 10.9. The first-order valence-electron chi connectivity index (χ1n) is 4.95. The standard InChI is InChI=1S/C8H15NO7S/c1-5(11)9-6-2-7(14-17-16-15-12)8(3-10)13-4-6/h6-8,10,12H,2-4H2,1H3,(H,9,11)/p-1/t6?,7-,8?/m1/s1. The number of nitrogens with one attached hydrogen (secondary N) is 1. The van der Waals surface area contributed by atoms with Crippen LogP contribution in [0.3, 0.4) is 0 Å². The Balaban J connectivity index is 2.40. The maximum atomic E-state index is 10.9. The molecule has 1 rings (SSSR count). The molecule has 0 spiro atoms. The molecule has 9 heteroatoms. The lowest BCUT2D eigenvalue weighted by atomic mass is 10.0. The Morgan fingerprint density at radius 1 is 1.71 bits per heavy atom. The lowest BCUT2D eigenvalue weighted by Gasteiger charge is -2.34. The number of aliphatic hydroxyl groups is 1. The first-order chi connectivity index (χ1) is 8.17. The average Bonchev–Trinajstić information content (AvgIpc) is 2.29. The average molecular weight is 268 g/mol. The van der Waals surface area contributed by atoms with Gasteiger partial charge in [0.2, 0.25) is 5.91 Å². The van der Waals surface area contributed by atoms with Gasteiger partial charge in [0, 0.05) is 13.3 Å². The van der Waals surface area contributed by atoms with Crippen molar-refractivity contribution in [1.29, 1.82) is 0 Å². The number of carbonyl (C=O) groups excluding carboxylic acids is 1. The van der Waals surface area contributed by atoms with Crippen LogP contribution in [0, 0.1) is 0 Å². The van der Waals surface area contributed by atoms with Gasteiger partial charge in [-0.05, 0) is 0 Å². The zero-order chi connectivity index (χ0) is 12.7. The predicted molar refractivity (Wildman–Crippen MR) is 53.7 cm³/mol. The minimum Gasteiger partial charge on any atom is -0.691 e. The third-order valence-corrected chi connectivity index (χ3v) is 2.69. The minimum absolute atomic E-state index is 0.174. The van der Waals surface area contributed by atoms with E-state index in [1.807, 2.05) is 0 Å². The number of hydrogen-bond donors (Lipinski definition) is 2. The molecule has 0 bridgehead atoms. The molecule has 100 valence electrons. The summed E-state index contributed by atoms with van der Waals surface area (Å²) in [6, 6.07) is -0.200. The summed E-state index contributed by atoms with van der Waals surface area (Å²) in [6.45, 7) is 1.47. The van der Waals surface area contributed by atoms with Gasteiger partial charge in [-0.3, -0.25) is 14.0 Å². The molecule has 17 heavy (non-hydrogen) atoms. The van der Waals surface area contributed by atoms with Gasteiger partial charge in [0.25, 0.3) is 0 Å². The SMILES string of the molecule is CC(=O)NC1COC(CO)[C@H](OSOO[O-])C1. The van der Waals surface area contributed by atoms with Gasteiger partial charge >= 0.3 is 0 Å². The molecule has 0 aromatic carbocycles. The van der Waals surface area contributed by atoms with Crippen LogP contribution >= 0.6 is 12.3 Å². The molecule has 1 aliphatic heterocycles. The van der Waals surface area contributed by atoms with E-state index in [1.54, 1.807) is 0 Å². The fourth-order valence-electron chi connectivity index (χ4n) is 1.58. The summed E-state index contributed by atoms with van der Waals surface area (Å²) in [5.41, 5.74) is 0. The maximum Gasteiger partial charge on any atom is 0.217 e. The predicted octanol–water partition coefficient (Wildman–Crippen LogP) is -1.56. The summed E-state index contributed by atoms with van der Waals surface area (Å²) >= 11 is 0.361. The summed E-state index contributed by atoms with van der Waals surface area (Å²) in [7, 11) is 0. The second-order valence-electron chi connectivity index (χ2n) is 3.53. The van der Waals surface area contributed by atoms with Crippen LogP contribution in [0.15, 0.2) is 0 Å². The van der Waals surface area contributed by atoms with Gasteiger partial charge in [-0.2, -0.15) is 0 Å². The van der Waals surface area contributed by atoms with E-state index in [2.05, 4.69) is 14.7 Å². The van der Waals surface area contributed by atoms with E-state index in [4.69, 9.17) is 14.0 Å². The van der Waals surface area contributed by atoms with Crippen LogP contribution in [0.5, 0.6) is 0 Å². The van der Waals surface area contributed by atoms with Gasteiger partial charge in [-0.1, -0.05) is 0 Å². The zero-order valence-electron chi connectivity index (χ0n) is 9.16. The van der Waals surface area contributed by atoms with E-state index in [9.17, 15) is 10.1 Å². The van der Waals surface area contributed by atoms with E-state index in [0.717, 1.165) is 0 Å². The Morgan fingerprint density at radius 3 is 3.06 bits per heavy atom. The van der Waals surface area contributed by atoms with Crippen molar-refractivity contribution in [2.24, 2.45) is 0 Å². The molecule has 1 aliphatic rings. The molecule has 1 heterocycles. The van der Waals surface area contributed by atoms with Crippen LogP contribution in [0.25, 0.3) is 0 Å². The van der Waals surface area contributed by atoms with E-state index < -0.39 is 12.2 Å². The van der Waals surface area contributed by atoms with Gasteiger partial charge in [-0.25, -0.2) is 0 Å². The molecule has 8 nitrogen and oxygen atoms in total. The molecule has 0 saturated carbocycles. The minimum atomic E-state index is -0.525. The smallest absolute Gasteiger partial charge is 0.217 e. The van der Waals surface area contributed by atoms with Crippen molar-refractivity contribution < 1.29 is 33.5 Å². The van der Waals surface area contributed by atoms with Crippen LogP contribution in [0.2, 0.25) is 0 Å². The fourth-order valence-corrected chi connectivity index (χ4v) is 1.94. The van der Waals surface area contributed by atoms with Crippen LogP contribution in [-0.4, -0.2) is 42.5 Å². The van der Waals surface area contributed by atoms with Gasteiger partial charge in [0.1, 0.15) is 12.2 Å². The molecule has 0 aromatic heterocycles. The van der Waals surface area contributed by atoms with Gasteiger partial charge in [-0.15, -0.1) is 4.33 Å². The zero-order valence-corrected chi connectivity index (χ0v) is 9.97. The molecule has 0 aromatic rings. The molecule has 0 aliphatic carbocycles. The molecular weight excluding hydrogens is 254 g/mol. The first kappa shape index (κ1) is 14.6. The third-order valence-electron chi connectivity index (χ3n) is 2.25. The van der Waals surface area contributed by atoms with Crippen molar-refractivity contribution in [1.82, 2.24) is 5.32 Å². The Morgan fingerprint density at radius 2 is 2.47 bits per heavy atom. The topological polar surface area (TPSA) is 109 Å². The third kappa shape index (κ3) is 5.17. The van der Waals surface area contributed by atoms with Gasteiger partial charge < -0.3 is 20.4 Å². The van der Waals surface area contributed by atoms with Gasteiger partial charge in [0.05, 0.1) is 19.3 Å². The first-order valence-corrected chi connectivity index (χ1v) is 5.62. The van der Waals surface area contributed by atoms with Crippen molar-refractivity contribution in [3.63, 3.8) is 0 Å². The number of rotatable bonds is 6. The van der Waals surface area contributed by atoms with Crippen molar-refractivity contribution in [2.45, 2.75) is 31.6 Å². The van der Waals surface area contributed by atoms with Crippen LogP contribution in [-0.2, 0) is 23.1 Å². The van der Waals surface area contributed by atoms with Crippen LogP contribution < -0.4 is 10.6 Å². The Labute approximate surface area is 102 Å². The monoisotopic (exact) mass is 268 g/mol. The van der Waals surface area contributed by atoms with Crippen LogP contribution in [0.4, 0.5) is 0 Å². The van der Waals surface area contributed by atoms with Gasteiger partial charge in [0.15, 0.2) is 12.3 Å². The van der Waals surface area contributed by atoms with E-state index in [1.165, 1.54) is 6.92 Å². The number of ether oxygens (including phenoxy) is 1. The Hall–Kier alpha value is -0.420. The number of hydrogen-bond acceptors (Lipinski definition) is 8. The normalized spacial score (nSPS) is 29.0. The summed E-state index contributed by atoms with van der Waals surface area (Å²) < 4.78 is 14.3. The number of carbonyl (C=O) groups is 1. The Bertz CT molecular complexity index is 242. The number of amides is 1. The van der Waals surface area contributed by atoms with Crippen molar-refractivity contribution in [3.05, 3.63) is 0 Å². The molecule has 0 radical (unpaired) electrons. The van der Waals surface area contributed by atoms with E-state index in [0.29, 0.717) is 25.4 Å². The largest absolute Gasteiger partial charge is 0.691 e. The highest BCUT2D eigenvalue weighted by Gasteiger charge is 2.32. The Kier molecular flexibility index (Phi) is 6.73. The second-order valence-corrected chi connectivity index (χ2v) is 3.99. The summed E-state index contributed by atoms with van der Waals surface area (Å²) in [4.78, 5) is 10.9. The molecule has 1 saturated heterocycles. The van der Waals surface area contributed by atoms with Crippen molar-refractivity contribution >= 4 is 18.2 Å². The summed E-state index contributed by atoms with van der Waals surface area (Å²) in [6.07, 6.45) is -0.589. The molecule has 3 atom stereocenters. The van der Waals surface area contributed by atoms with E-state index >= 15 is 0 Å². The van der Waals surface area contributed by atoms with Crippen molar-refractivity contribution in [3.8, 4) is 0 Å². The highest BCUT2D eigenvalue weighted by molar-refractivity contribution is 7.89. The summed E-state index contributed by atoms with van der Waals surface area (Å²) in [5, 5.41) is 24.4. The van der Waals surface area contributed by atoms with Crippen LogP contribution in [0.1, 0.15) is 13.3 Å². The van der Waals surface area contributed by atoms with E-state index in [-0.39, 0.29) is 18.6 Å². The molecular formula is C8H14NO7S-. The fraction of sp³-hybridized carbons (Fsp3) is 0.875. The highest BCUT2D eigenvalue weighted by Crippen LogP contribution is 2.22. The summed E-state index contributed by atoms with van der Waals surface area (Å²) in [5.74, 6) is -0.174. The number of aliphatic hydroxyl groups excluding tert-OH is 1. The van der Waals surface area contributed by atoms with Crippen molar-refractivity contribution in [2.75, 3.05) is 13.2 Å². The highest BCUT2D eigenvalue weighted by atomic mass is 32.2. The lowest BCUT2D eigenvalue weighted by Crippen LogP contribution is -2.50. The quantitative estimate of drug-likeness (QED) is 0.258. The molecule has 1 amide bonds. The molecule has 2 unspecified atom stereocenters. The lowest BCUT2D eigenvalue weighted by molar-refractivity contribution is -0.777. The second kappa shape index (κ2) is 7.82.